The zero-order chi connectivity index (χ0) is 19.0. The Labute approximate surface area is 160 Å². The van der Waals surface area contributed by atoms with Crippen molar-refractivity contribution < 1.29 is 4.79 Å². The fourth-order valence-electron chi connectivity index (χ4n) is 3.21. The van der Waals surface area contributed by atoms with E-state index in [4.69, 9.17) is 10.2 Å². The van der Waals surface area contributed by atoms with Crippen LogP contribution in [0.1, 0.15) is 35.3 Å². The number of hydrogen-bond donors (Lipinski definition) is 1. The molecule has 0 aliphatic carbocycles. The maximum absolute atomic E-state index is 12.0. The van der Waals surface area contributed by atoms with Crippen molar-refractivity contribution >= 4 is 23.1 Å². The van der Waals surface area contributed by atoms with Crippen molar-refractivity contribution in [2.45, 2.75) is 18.9 Å². The molecule has 0 fully saturated rings. The molecule has 3 aromatic rings. The van der Waals surface area contributed by atoms with E-state index in [1.165, 1.54) is 11.3 Å². The molecule has 7 nitrogen and oxygen atoms in total. The molecular weight excluding hydrogens is 360 g/mol. The summed E-state index contributed by atoms with van der Waals surface area (Å²) < 4.78 is 1.89. The van der Waals surface area contributed by atoms with Crippen LogP contribution in [0.4, 0.5) is 4.79 Å². The molecule has 27 heavy (non-hydrogen) atoms. The van der Waals surface area contributed by atoms with Crippen molar-refractivity contribution in [3.8, 4) is 17.3 Å². The molecule has 2 amide bonds. The number of thiazole rings is 1. The van der Waals surface area contributed by atoms with Gasteiger partial charge in [-0.15, -0.1) is 11.3 Å². The predicted molar refractivity (Wildman–Crippen MR) is 103 cm³/mol. The van der Waals surface area contributed by atoms with Crippen molar-refractivity contribution in [3.63, 3.8) is 0 Å². The third-order valence-corrected chi connectivity index (χ3v) is 5.50. The first-order chi connectivity index (χ1) is 13.1. The normalized spacial score (nSPS) is 19.3. The van der Waals surface area contributed by atoms with E-state index < -0.39 is 0 Å². The van der Waals surface area contributed by atoms with E-state index in [0.717, 1.165) is 22.1 Å². The Bertz CT molecular complexity index is 1070. The first-order valence-corrected chi connectivity index (χ1v) is 9.23. The summed E-state index contributed by atoms with van der Waals surface area (Å²) >= 11 is 1.53. The van der Waals surface area contributed by atoms with Crippen LogP contribution >= 0.6 is 11.3 Å². The molecule has 1 aliphatic rings. The number of carbonyl (C=O) groups is 1. The summed E-state index contributed by atoms with van der Waals surface area (Å²) in [5.41, 5.74) is 3.11. The highest BCUT2D eigenvalue weighted by molar-refractivity contribution is 7.10. The quantitative estimate of drug-likeness (QED) is 0.757. The van der Waals surface area contributed by atoms with Crippen molar-refractivity contribution in [1.29, 1.82) is 5.26 Å². The maximum atomic E-state index is 12.0. The number of nitrogens with zero attached hydrogens (tertiary/aromatic N) is 5. The first-order valence-electron chi connectivity index (χ1n) is 8.35. The lowest BCUT2D eigenvalue weighted by Gasteiger charge is -2.29. The average Bonchev–Trinajstić information content (AvgIpc) is 3.30. The van der Waals surface area contributed by atoms with Crippen molar-refractivity contribution in [3.05, 3.63) is 58.4 Å². The van der Waals surface area contributed by atoms with Gasteiger partial charge in [0.1, 0.15) is 16.9 Å². The van der Waals surface area contributed by atoms with Gasteiger partial charge in [0.05, 0.1) is 23.2 Å². The molecule has 3 heterocycles. The maximum Gasteiger partial charge on any atom is 0.341 e. The molecule has 0 spiro atoms. The molecule has 0 saturated heterocycles. The molecule has 1 N–H and O–H groups in total. The third-order valence-electron chi connectivity index (χ3n) is 4.57. The van der Waals surface area contributed by atoms with Crippen LogP contribution in [0.15, 0.2) is 47.0 Å². The third kappa shape index (κ3) is 3.13. The number of hydrogen-bond acceptors (Lipinski definition) is 5. The first kappa shape index (κ1) is 17.1. The van der Waals surface area contributed by atoms with Gasteiger partial charge in [-0.3, -0.25) is 0 Å². The predicted octanol–water partition coefficient (Wildman–Crippen LogP) is 3.42. The lowest BCUT2D eigenvalue weighted by Crippen LogP contribution is -2.39. The van der Waals surface area contributed by atoms with E-state index in [2.05, 4.69) is 21.4 Å². The highest BCUT2D eigenvalue weighted by Crippen LogP contribution is 2.37. The van der Waals surface area contributed by atoms with Crippen LogP contribution in [0.25, 0.3) is 11.3 Å². The summed E-state index contributed by atoms with van der Waals surface area (Å²) in [6, 6.07) is 8.76. The Kier molecular flexibility index (Phi) is 4.30. The number of rotatable bonds is 3. The second-order valence-corrected chi connectivity index (χ2v) is 7.20. The van der Waals surface area contributed by atoms with Gasteiger partial charge in [-0.1, -0.05) is 12.1 Å². The Morgan fingerprint density at radius 1 is 1.30 bits per heavy atom. The number of amides is 2. The molecule has 2 atom stereocenters. The van der Waals surface area contributed by atoms with Gasteiger partial charge in [0.2, 0.25) is 0 Å². The molecule has 8 heteroatoms. The Balaban J connectivity index is 1.73. The molecule has 2 aromatic heterocycles. The van der Waals surface area contributed by atoms with Crippen molar-refractivity contribution in [1.82, 2.24) is 19.9 Å². The number of aliphatic imine (C=N–C) groups is 1. The summed E-state index contributed by atoms with van der Waals surface area (Å²) in [4.78, 5) is 25.3. The molecule has 2 unspecified atom stereocenters. The largest absolute Gasteiger partial charge is 0.341 e. The zero-order valence-electron chi connectivity index (χ0n) is 14.7. The Morgan fingerprint density at radius 3 is 2.74 bits per heavy atom. The van der Waals surface area contributed by atoms with E-state index in [1.54, 1.807) is 18.3 Å². The smallest absolute Gasteiger partial charge is 0.336 e. The van der Waals surface area contributed by atoms with Crippen LogP contribution in [-0.2, 0) is 7.05 Å². The van der Waals surface area contributed by atoms with Crippen LogP contribution < -0.4 is 5.32 Å². The minimum Gasteiger partial charge on any atom is -0.336 e. The number of benzene rings is 1. The molecule has 1 aromatic carbocycles. The molecule has 1 aliphatic heterocycles. The summed E-state index contributed by atoms with van der Waals surface area (Å²) in [5.74, 6) is 0.582. The summed E-state index contributed by atoms with van der Waals surface area (Å²) in [7, 11) is 1.90. The number of nitrogens with one attached hydrogen (secondary N) is 1. The monoisotopic (exact) mass is 376 g/mol. The van der Waals surface area contributed by atoms with E-state index in [9.17, 15) is 4.79 Å². The molecule has 134 valence electrons. The van der Waals surface area contributed by atoms with Crippen molar-refractivity contribution in [2.75, 3.05) is 0 Å². The van der Waals surface area contributed by atoms with Crippen molar-refractivity contribution in [2.24, 2.45) is 12.0 Å². The Hall–Kier alpha value is -3.31. The SMILES string of the molecule is CC1=NC(=O)NC(c2nccn2C)C1c1nc(-c2ccc(C#N)cc2)cs1. The molecular formula is C19H16N6OS. The Morgan fingerprint density at radius 2 is 2.07 bits per heavy atom. The highest BCUT2D eigenvalue weighted by atomic mass is 32.1. The van der Waals surface area contributed by atoms with Crippen LogP contribution in [0, 0.1) is 11.3 Å². The van der Waals surface area contributed by atoms with Crippen LogP contribution in [0.3, 0.4) is 0 Å². The molecule has 4 rings (SSSR count). The van der Waals surface area contributed by atoms with Gasteiger partial charge < -0.3 is 9.88 Å². The van der Waals surface area contributed by atoms with E-state index in [-0.39, 0.29) is 18.0 Å². The average molecular weight is 376 g/mol. The van der Waals surface area contributed by atoms with Gasteiger partial charge in [0, 0.05) is 36.1 Å². The van der Waals surface area contributed by atoms with Gasteiger partial charge >= 0.3 is 6.03 Å². The van der Waals surface area contributed by atoms with Crippen LogP contribution in [-0.4, -0.2) is 26.3 Å². The molecule has 0 bridgehead atoms. The minimum absolute atomic E-state index is 0.180. The molecule has 0 radical (unpaired) electrons. The number of aromatic nitrogens is 3. The van der Waals surface area contributed by atoms with Crippen LogP contribution in [0.5, 0.6) is 0 Å². The second kappa shape index (κ2) is 6.78. The lowest BCUT2D eigenvalue weighted by atomic mass is 9.93. The molecule has 0 saturated carbocycles. The summed E-state index contributed by atoms with van der Waals surface area (Å²) in [6.45, 7) is 1.85. The standard InChI is InChI=1S/C19H16N6OS/c1-11-15(16(24-19(26)22-11)17-21-7-8-25(17)2)18-23-14(10-27-18)13-5-3-12(9-20)4-6-13/h3-8,10,15-16H,1-2H3,(H,24,26). The fourth-order valence-corrected chi connectivity index (χ4v) is 4.24. The number of imidazole rings is 1. The second-order valence-electron chi connectivity index (χ2n) is 6.31. The van der Waals surface area contributed by atoms with Gasteiger partial charge in [-0.2, -0.15) is 5.26 Å². The fraction of sp³-hybridized carbons (Fsp3) is 0.211. The zero-order valence-corrected chi connectivity index (χ0v) is 15.6. The lowest BCUT2D eigenvalue weighted by molar-refractivity contribution is 0.242. The summed E-state index contributed by atoms with van der Waals surface area (Å²) in [5, 5.41) is 14.7. The number of carbonyl (C=O) groups excluding carboxylic acids is 1. The topological polar surface area (TPSA) is 96.0 Å². The number of urea groups is 1. The van der Waals surface area contributed by atoms with E-state index >= 15 is 0 Å². The highest BCUT2D eigenvalue weighted by Gasteiger charge is 2.37. The van der Waals surface area contributed by atoms with E-state index in [0.29, 0.717) is 11.3 Å². The van der Waals surface area contributed by atoms with E-state index in [1.807, 2.05) is 42.2 Å². The number of aryl methyl sites for hydroxylation is 1. The van der Waals surface area contributed by atoms with Gasteiger partial charge in [0.25, 0.3) is 0 Å². The van der Waals surface area contributed by atoms with Crippen LogP contribution in [0.2, 0.25) is 0 Å². The van der Waals surface area contributed by atoms with Gasteiger partial charge in [-0.05, 0) is 19.1 Å². The summed E-state index contributed by atoms with van der Waals surface area (Å²) in [6.07, 6.45) is 3.56. The minimum atomic E-state index is -0.361. The van der Waals surface area contributed by atoms with Gasteiger partial charge in [-0.25, -0.2) is 19.8 Å². The van der Waals surface area contributed by atoms with Gasteiger partial charge in [0.15, 0.2) is 0 Å². The number of nitriles is 1.